The predicted molar refractivity (Wildman–Crippen MR) is 116 cm³/mol. The van der Waals surface area contributed by atoms with Gasteiger partial charge in [0.05, 0.1) is 11.2 Å². The molecule has 3 aliphatic carbocycles. The van der Waals surface area contributed by atoms with Crippen LogP contribution in [0.25, 0.3) is 0 Å². The number of phenols is 1. The van der Waals surface area contributed by atoms with Gasteiger partial charge >= 0.3 is 0 Å². The van der Waals surface area contributed by atoms with Gasteiger partial charge in [-0.15, -0.1) is 0 Å². The van der Waals surface area contributed by atoms with Gasteiger partial charge in [-0.25, -0.2) is 0 Å². The lowest BCUT2D eigenvalue weighted by Gasteiger charge is -2.63. The molecule has 3 N–H and O–H groups in total. The SMILES string of the molecule is CC(=O)c1cc2c([nH]c1=O)C[C@]13CCN(CC4CC4)[C@H](Cc4ccc(O)cc41)[C@]3(O)C2. The lowest BCUT2D eigenvalue weighted by molar-refractivity contribution is -0.152. The van der Waals surface area contributed by atoms with Crippen molar-refractivity contribution in [2.24, 2.45) is 5.92 Å². The summed E-state index contributed by atoms with van der Waals surface area (Å²) in [5.41, 5.74) is 2.10. The van der Waals surface area contributed by atoms with Crippen molar-refractivity contribution in [3.63, 3.8) is 0 Å². The number of nitrogens with one attached hydrogen (secondary N) is 1. The molecule has 3 atom stereocenters. The summed E-state index contributed by atoms with van der Waals surface area (Å²) in [6.07, 6.45) is 4.97. The van der Waals surface area contributed by atoms with Gasteiger partial charge in [0.1, 0.15) is 5.75 Å². The van der Waals surface area contributed by atoms with E-state index in [1.807, 2.05) is 12.1 Å². The molecule has 6 heteroatoms. The van der Waals surface area contributed by atoms with Crippen LogP contribution in [0.4, 0.5) is 0 Å². The number of pyridine rings is 1. The molecular formula is C25H28N2O4. The number of aliphatic hydroxyl groups is 1. The zero-order valence-corrected chi connectivity index (χ0v) is 17.8. The Morgan fingerprint density at radius 1 is 1.23 bits per heavy atom. The first-order valence-electron chi connectivity index (χ1n) is 11.4. The van der Waals surface area contributed by atoms with E-state index in [1.54, 1.807) is 12.1 Å². The Bertz CT molecular complexity index is 1170. The van der Waals surface area contributed by atoms with Crippen molar-refractivity contribution in [2.45, 2.75) is 62.5 Å². The fraction of sp³-hybridized carbons (Fsp3) is 0.520. The van der Waals surface area contributed by atoms with Crippen LogP contribution in [-0.4, -0.2) is 50.6 Å². The lowest BCUT2D eigenvalue weighted by Crippen LogP contribution is -2.74. The second-order valence-electron chi connectivity index (χ2n) is 10.2. The number of hydrogen-bond acceptors (Lipinski definition) is 5. The van der Waals surface area contributed by atoms with E-state index in [9.17, 15) is 19.8 Å². The number of aromatic nitrogens is 1. The molecule has 4 aliphatic rings. The molecule has 1 aromatic carbocycles. The standard InChI is InChI=1S/C25H28N2O4/c1-14(28)19-8-17-11-25(31)22-9-16-4-5-18(29)10-20(16)24(25,12-21(17)26-23(19)30)6-7-27(22)13-15-2-3-15/h4-5,8,10,15,22,29,31H,2-3,6-7,9,11-13H2,1H3,(H,26,30)/t22-,24-,25-/m1/s1. The molecule has 2 aromatic rings. The van der Waals surface area contributed by atoms with Crippen LogP contribution in [0.2, 0.25) is 0 Å². The molecule has 1 saturated heterocycles. The Hall–Kier alpha value is -2.44. The molecule has 6 rings (SSSR count). The molecule has 2 bridgehead atoms. The summed E-state index contributed by atoms with van der Waals surface area (Å²) >= 11 is 0. The highest BCUT2D eigenvalue weighted by Crippen LogP contribution is 2.57. The van der Waals surface area contributed by atoms with E-state index in [0.29, 0.717) is 12.8 Å². The largest absolute Gasteiger partial charge is 0.508 e. The Balaban J connectivity index is 1.55. The first-order chi connectivity index (χ1) is 14.8. The summed E-state index contributed by atoms with van der Waals surface area (Å²) in [6.45, 7) is 3.33. The molecule has 0 spiro atoms. The molecular weight excluding hydrogens is 392 g/mol. The van der Waals surface area contributed by atoms with E-state index < -0.39 is 11.0 Å². The number of nitrogens with zero attached hydrogens (tertiary/aromatic N) is 1. The molecule has 0 amide bonds. The number of carbonyl (C=O) groups excluding carboxylic acids is 1. The van der Waals surface area contributed by atoms with Crippen LogP contribution in [0.3, 0.4) is 0 Å². The first kappa shape index (κ1) is 19.3. The first-order valence-corrected chi connectivity index (χ1v) is 11.4. The van der Waals surface area contributed by atoms with Gasteiger partial charge in [-0.3, -0.25) is 14.5 Å². The molecule has 1 aromatic heterocycles. The molecule has 6 nitrogen and oxygen atoms in total. The maximum absolute atomic E-state index is 12.5. The fourth-order valence-electron chi connectivity index (χ4n) is 6.64. The minimum Gasteiger partial charge on any atom is -0.508 e. The van der Waals surface area contributed by atoms with Crippen molar-refractivity contribution >= 4 is 5.78 Å². The maximum Gasteiger partial charge on any atom is 0.259 e. The minimum atomic E-state index is -1.01. The molecule has 0 unspecified atom stereocenters. The van der Waals surface area contributed by atoms with E-state index in [-0.39, 0.29) is 28.7 Å². The number of Topliss-reactive ketones (excluding diaryl/α,β-unsaturated/α-hetero) is 1. The van der Waals surface area contributed by atoms with Gasteiger partial charge in [-0.05, 0) is 80.0 Å². The second-order valence-corrected chi connectivity index (χ2v) is 10.2. The topological polar surface area (TPSA) is 93.6 Å². The third-order valence-corrected chi connectivity index (χ3v) is 8.39. The number of fused-ring (bicyclic) bond motifs is 2. The number of benzene rings is 1. The highest BCUT2D eigenvalue weighted by atomic mass is 16.3. The summed E-state index contributed by atoms with van der Waals surface area (Å²) in [4.78, 5) is 30.0. The van der Waals surface area contributed by atoms with Gasteiger partial charge in [-0.1, -0.05) is 6.07 Å². The summed E-state index contributed by atoms with van der Waals surface area (Å²) < 4.78 is 0. The number of aromatic hydroxyl groups is 1. The summed E-state index contributed by atoms with van der Waals surface area (Å²) in [5.74, 6) is 0.681. The van der Waals surface area contributed by atoms with E-state index in [4.69, 9.17) is 0 Å². The van der Waals surface area contributed by atoms with Crippen molar-refractivity contribution in [3.8, 4) is 5.75 Å². The Morgan fingerprint density at radius 3 is 2.77 bits per heavy atom. The van der Waals surface area contributed by atoms with Gasteiger partial charge < -0.3 is 15.2 Å². The van der Waals surface area contributed by atoms with Gasteiger partial charge in [0.25, 0.3) is 5.56 Å². The van der Waals surface area contributed by atoms with Crippen molar-refractivity contribution in [1.82, 2.24) is 9.88 Å². The molecule has 2 heterocycles. The highest BCUT2D eigenvalue weighted by molar-refractivity contribution is 5.93. The van der Waals surface area contributed by atoms with E-state index in [2.05, 4.69) is 9.88 Å². The maximum atomic E-state index is 12.5. The van der Waals surface area contributed by atoms with E-state index in [0.717, 1.165) is 48.7 Å². The highest BCUT2D eigenvalue weighted by Gasteiger charge is 2.64. The monoisotopic (exact) mass is 420 g/mol. The van der Waals surface area contributed by atoms with Crippen molar-refractivity contribution in [2.75, 3.05) is 13.1 Å². The van der Waals surface area contributed by atoms with Crippen molar-refractivity contribution in [1.29, 1.82) is 0 Å². The molecule has 0 radical (unpaired) electrons. The number of likely N-dealkylation sites (tertiary alicyclic amines) is 1. The molecule has 2 fully saturated rings. The summed E-state index contributed by atoms with van der Waals surface area (Å²) in [6, 6.07) is 7.23. The van der Waals surface area contributed by atoms with Crippen LogP contribution in [0.1, 0.15) is 58.9 Å². The van der Waals surface area contributed by atoms with Gasteiger partial charge in [0.2, 0.25) is 0 Å². The minimum absolute atomic E-state index is 0.0141. The predicted octanol–water partition coefficient (Wildman–Crippen LogP) is 2.09. The van der Waals surface area contributed by atoms with Crippen molar-refractivity contribution in [3.05, 3.63) is 62.6 Å². The number of phenolic OH excluding ortho intramolecular Hbond substituents is 1. The number of carbonyl (C=O) groups is 1. The molecule has 162 valence electrons. The Kier molecular flexibility index (Phi) is 3.91. The summed E-state index contributed by atoms with van der Waals surface area (Å²) in [7, 11) is 0. The summed E-state index contributed by atoms with van der Waals surface area (Å²) in [5, 5.41) is 22.7. The number of ketones is 1. The number of aromatic amines is 1. The number of hydrogen-bond donors (Lipinski definition) is 3. The third kappa shape index (κ3) is 2.64. The average molecular weight is 421 g/mol. The van der Waals surface area contributed by atoms with E-state index >= 15 is 0 Å². The average Bonchev–Trinajstić information content (AvgIpc) is 3.53. The second kappa shape index (κ2) is 6.30. The van der Waals surface area contributed by atoms with Gasteiger partial charge in [-0.2, -0.15) is 0 Å². The Morgan fingerprint density at radius 2 is 2.03 bits per heavy atom. The number of piperidine rings is 1. The Labute approximate surface area is 180 Å². The zero-order chi connectivity index (χ0) is 21.5. The van der Waals surface area contributed by atoms with Crippen LogP contribution >= 0.6 is 0 Å². The normalized spacial score (nSPS) is 31.5. The van der Waals surface area contributed by atoms with Crippen LogP contribution in [0.5, 0.6) is 5.75 Å². The van der Waals surface area contributed by atoms with Crippen LogP contribution in [-0.2, 0) is 24.7 Å². The fourth-order valence-corrected chi connectivity index (χ4v) is 6.64. The number of H-pyrrole nitrogens is 1. The van der Waals surface area contributed by atoms with Gasteiger partial charge in [0.15, 0.2) is 5.78 Å². The zero-order valence-electron chi connectivity index (χ0n) is 17.8. The molecule has 1 saturated carbocycles. The van der Waals surface area contributed by atoms with Gasteiger partial charge in [0, 0.05) is 36.5 Å². The lowest BCUT2D eigenvalue weighted by atomic mass is 9.49. The smallest absolute Gasteiger partial charge is 0.259 e. The third-order valence-electron chi connectivity index (χ3n) is 8.39. The van der Waals surface area contributed by atoms with E-state index in [1.165, 1.54) is 25.3 Å². The quantitative estimate of drug-likeness (QED) is 0.661. The van der Waals surface area contributed by atoms with Crippen LogP contribution < -0.4 is 5.56 Å². The van der Waals surface area contributed by atoms with Crippen LogP contribution in [0, 0.1) is 5.92 Å². The molecule has 1 aliphatic heterocycles. The number of rotatable bonds is 3. The van der Waals surface area contributed by atoms with Crippen molar-refractivity contribution < 1.29 is 15.0 Å². The van der Waals surface area contributed by atoms with Crippen LogP contribution in [0.15, 0.2) is 29.1 Å². The molecule has 31 heavy (non-hydrogen) atoms.